The SMILES string of the molecule is NCCCCC1N[C@H](CNC(=O)c2ccc3ccccc3c2)CCN(Cc2cccc3ccccc23)C1=O. The number of hydrogen-bond donors (Lipinski definition) is 3. The number of amides is 2. The van der Waals surface area contributed by atoms with Gasteiger partial charge in [-0.1, -0.05) is 79.2 Å². The van der Waals surface area contributed by atoms with Crippen LogP contribution in [0.1, 0.15) is 41.6 Å². The Kier molecular flexibility index (Phi) is 8.31. The molecule has 0 aliphatic carbocycles. The van der Waals surface area contributed by atoms with Crippen molar-refractivity contribution in [2.45, 2.75) is 44.3 Å². The second kappa shape index (κ2) is 12.2. The van der Waals surface area contributed by atoms with Crippen LogP contribution >= 0.6 is 0 Å². The molecule has 6 heteroatoms. The molecule has 5 rings (SSSR count). The highest BCUT2D eigenvalue weighted by atomic mass is 16.2. The summed E-state index contributed by atoms with van der Waals surface area (Å²) in [4.78, 5) is 28.6. The minimum atomic E-state index is -0.290. The Morgan fingerprint density at radius 3 is 2.53 bits per heavy atom. The van der Waals surface area contributed by atoms with Crippen molar-refractivity contribution in [2.75, 3.05) is 19.6 Å². The van der Waals surface area contributed by atoms with Gasteiger partial charge in [0.15, 0.2) is 0 Å². The van der Waals surface area contributed by atoms with Crippen LogP contribution in [0.15, 0.2) is 84.9 Å². The Labute approximate surface area is 224 Å². The number of rotatable bonds is 9. The van der Waals surface area contributed by atoms with Crippen molar-refractivity contribution in [1.82, 2.24) is 15.5 Å². The molecule has 0 radical (unpaired) electrons. The summed E-state index contributed by atoms with van der Waals surface area (Å²) in [5.74, 6) is 0.0266. The largest absolute Gasteiger partial charge is 0.350 e. The average Bonchev–Trinajstić information content (AvgIpc) is 3.10. The monoisotopic (exact) mass is 508 g/mol. The molecule has 1 heterocycles. The summed E-state index contributed by atoms with van der Waals surface area (Å²) in [6.45, 7) is 2.30. The third-order valence-electron chi connectivity index (χ3n) is 7.50. The Hall–Kier alpha value is -3.74. The van der Waals surface area contributed by atoms with Gasteiger partial charge in [-0.15, -0.1) is 0 Å². The van der Waals surface area contributed by atoms with Crippen LogP contribution in [-0.4, -0.2) is 48.4 Å². The van der Waals surface area contributed by atoms with E-state index in [1.807, 2.05) is 59.5 Å². The van der Waals surface area contributed by atoms with Crippen molar-refractivity contribution in [2.24, 2.45) is 5.73 Å². The molecular formula is C32H36N4O2. The van der Waals surface area contributed by atoms with Gasteiger partial charge in [0, 0.05) is 31.2 Å². The van der Waals surface area contributed by atoms with Gasteiger partial charge < -0.3 is 21.3 Å². The molecule has 1 saturated heterocycles. The summed E-state index contributed by atoms with van der Waals surface area (Å²) >= 11 is 0. The Balaban J connectivity index is 1.28. The number of hydrogen-bond acceptors (Lipinski definition) is 4. The van der Waals surface area contributed by atoms with Crippen LogP contribution in [0, 0.1) is 0 Å². The van der Waals surface area contributed by atoms with E-state index >= 15 is 0 Å². The van der Waals surface area contributed by atoms with Crippen molar-refractivity contribution in [1.29, 1.82) is 0 Å². The molecule has 1 aliphatic heterocycles. The van der Waals surface area contributed by atoms with Crippen molar-refractivity contribution in [3.63, 3.8) is 0 Å². The van der Waals surface area contributed by atoms with Crippen molar-refractivity contribution in [3.8, 4) is 0 Å². The standard InChI is InChI=1S/C32H36N4O2/c33-18-6-5-14-30-32(38)36(22-27-12-7-11-24-9-3-4-13-29(24)27)19-17-28(35-30)21-34-31(37)26-16-15-23-8-1-2-10-25(23)20-26/h1-4,7-13,15-16,20,28,30,35H,5-6,14,17-19,21-22,33H2,(H,34,37)/t28-,30?/m0/s1. The summed E-state index contributed by atoms with van der Waals surface area (Å²) in [5, 5.41) is 11.2. The van der Waals surface area contributed by atoms with Crippen LogP contribution in [-0.2, 0) is 11.3 Å². The highest BCUT2D eigenvalue weighted by Crippen LogP contribution is 2.22. The fraction of sp³-hybridized carbons (Fsp3) is 0.312. The lowest BCUT2D eigenvalue weighted by Crippen LogP contribution is -2.48. The van der Waals surface area contributed by atoms with Crippen LogP contribution in [0.3, 0.4) is 0 Å². The molecule has 0 saturated carbocycles. The van der Waals surface area contributed by atoms with E-state index in [0.29, 0.717) is 31.7 Å². The van der Waals surface area contributed by atoms with Crippen LogP contribution in [0.4, 0.5) is 0 Å². The molecule has 4 aromatic carbocycles. The first-order valence-electron chi connectivity index (χ1n) is 13.6. The van der Waals surface area contributed by atoms with Gasteiger partial charge in [0.05, 0.1) is 6.04 Å². The molecule has 196 valence electrons. The fourth-order valence-electron chi connectivity index (χ4n) is 5.38. The zero-order valence-electron chi connectivity index (χ0n) is 21.7. The van der Waals surface area contributed by atoms with Gasteiger partial charge in [0.2, 0.25) is 5.91 Å². The minimum absolute atomic E-state index is 0.00347. The van der Waals surface area contributed by atoms with Crippen LogP contribution in [0.2, 0.25) is 0 Å². The molecule has 1 unspecified atom stereocenters. The molecule has 38 heavy (non-hydrogen) atoms. The first-order valence-corrected chi connectivity index (χ1v) is 13.6. The molecule has 4 aromatic rings. The number of fused-ring (bicyclic) bond motifs is 2. The van der Waals surface area contributed by atoms with Crippen molar-refractivity contribution in [3.05, 3.63) is 96.1 Å². The number of benzene rings is 4. The number of carbonyl (C=O) groups is 2. The van der Waals surface area contributed by atoms with Crippen LogP contribution in [0.5, 0.6) is 0 Å². The van der Waals surface area contributed by atoms with Gasteiger partial charge in [0.25, 0.3) is 5.91 Å². The number of carbonyl (C=O) groups excluding carboxylic acids is 2. The molecule has 0 spiro atoms. The average molecular weight is 509 g/mol. The zero-order valence-corrected chi connectivity index (χ0v) is 21.7. The molecule has 1 aliphatic rings. The zero-order chi connectivity index (χ0) is 26.3. The Morgan fingerprint density at radius 1 is 0.921 bits per heavy atom. The first-order chi connectivity index (χ1) is 18.6. The van der Waals surface area contributed by atoms with E-state index in [2.05, 4.69) is 41.0 Å². The molecular weight excluding hydrogens is 472 g/mol. The summed E-state index contributed by atoms with van der Waals surface area (Å²) in [5.41, 5.74) is 7.52. The molecule has 1 fully saturated rings. The second-order valence-corrected chi connectivity index (χ2v) is 10.2. The molecule has 2 amide bonds. The smallest absolute Gasteiger partial charge is 0.251 e. The van der Waals surface area contributed by atoms with E-state index in [1.54, 1.807) is 0 Å². The topological polar surface area (TPSA) is 87.5 Å². The highest BCUT2D eigenvalue weighted by molar-refractivity contribution is 5.98. The summed E-state index contributed by atoms with van der Waals surface area (Å²) < 4.78 is 0. The van der Waals surface area contributed by atoms with Gasteiger partial charge in [0.1, 0.15) is 0 Å². The van der Waals surface area contributed by atoms with Gasteiger partial charge in [-0.3, -0.25) is 9.59 Å². The van der Waals surface area contributed by atoms with Gasteiger partial charge in [-0.05, 0) is 65.0 Å². The van der Waals surface area contributed by atoms with Crippen LogP contribution < -0.4 is 16.4 Å². The van der Waals surface area contributed by atoms with E-state index < -0.39 is 0 Å². The molecule has 6 nitrogen and oxygen atoms in total. The van der Waals surface area contributed by atoms with E-state index in [4.69, 9.17) is 5.73 Å². The maximum Gasteiger partial charge on any atom is 0.251 e. The molecule has 2 atom stereocenters. The number of nitrogens with one attached hydrogen (secondary N) is 2. The quantitative estimate of drug-likeness (QED) is 0.288. The maximum absolute atomic E-state index is 13.7. The van der Waals surface area contributed by atoms with Crippen molar-refractivity contribution < 1.29 is 9.59 Å². The normalized spacial score (nSPS) is 18.0. The van der Waals surface area contributed by atoms with Crippen molar-refractivity contribution >= 4 is 33.4 Å². The summed E-state index contributed by atoms with van der Waals surface area (Å²) in [6.07, 6.45) is 3.27. The summed E-state index contributed by atoms with van der Waals surface area (Å²) in [6, 6.07) is 28.1. The van der Waals surface area contributed by atoms with E-state index in [0.717, 1.165) is 42.0 Å². The fourth-order valence-corrected chi connectivity index (χ4v) is 5.38. The third-order valence-corrected chi connectivity index (χ3v) is 7.50. The van der Waals surface area contributed by atoms with E-state index in [1.165, 1.54) is 10.8 Å². The predicted molar refractivity (Wildman–Crippen MR) is 154 cm³/mol. The third kappa shape index (κ3) is 6.04. The first kappa shape index (κ1) is 25.9. The van der Waals surface area contributed by atoms with Gasteiger partial charge >= 0.3 is 0 Å². The van der Waals surface area contributed by atoms with Gasteiger partial charge in [-0.2, -0.15) is 0 Å². The molecule has 0 bridgehead atoms. The lowest BCUT2D eigenvalue weighted by atomic mass is 10.0. The highest BCUT2D eigenvalue weighted by Gasteiger charge is 2.31. The maximum atomic E-state index is 13.7. The van der Waals surface area contributed by atoms with E-state index in [-0.39, 0.29) is 23.9 Å². The molecule has 0 aromatic heterocycles. The number of unbranched alkanes of at least 4 members (excludes halogenated alkanes) is 1. The lowest BCUT2D eigenvalue weighted by Gasteiger charge is -2.25. The van der Waals surface area contributed by atoms with Crippen LogP contribution in [0.25, 0.3) is 21.5 Å². The number of nitrogens with two attached hydrogens (primary N) is 1. The Bertz CT molecular complexity index is 1410. The predicted octanol–water partition coefficient (Wildman–Crippen LogP) is 4.61. The molecule has 4 N–H and O–H groups in total. The lowest BCUT2D eigenvalue weighted by molar-refractivity contribution is -0.133. The second-order valence-electron chi connectivity index (χ2n) is 10.2. The van der Waals surface area contributed by atoms with E-state index in [9.17, 15) is 9.59 Å². The Morgan fingerprint density at radius 2 is 1.68 bits per heavy atom. The number of nitrogens with zero attached hydrogens (tertiary/aromatic N) is 1. The minimum Gasteiger partial charge on any atom is -0.350 e. The van der Waals surface area contributed by atoms with Gasteiger partial charge in [-0.25, -0.2) is 0 Å². The summed E-state index contributed by atoms with van der Waals surface area (Å²) in [7, 11) is 0.